The maximum Gasteiger partial charge on any atom is 0.503 e. The largest absolute Gasteiger partial charge is 0.503 e. The molecule has 1 aromatic carbocycles. The Kier molecular flexibility index (Phi) is 2.21. The van der Waals surface area contributed by atoms with Crippen LogP contribution in [-0.2, 0) is 0 Å². The van der Waals surface area contributed by atoms with Gasteiger partial charge in [0.1, 0.15) is 11.5 Å². The number of hydrogen-bond acceptors (Lipinski definition) is 0. The Balaban J connectivity index is 2.83. The Morgan fingerprint density at radius 1 is 1.08 bits per heavy atom. The topological polar surface area (TPSA) is 14.1 Å². The lowest BCUT2D eigenvalue weighted by Crippen LogP contribution is -2.20. The lowest BCUT2D eigenvalue weighted by molar-refractivity contribution is -0.148. The van der Waals surface area contributed by atoms with Gasteiger partial charge in [0, 0.05) is 0 Å². The molecule has 1 nitrogen and oxygen atoms in total. The number of benzene rings is 1. The molecular weight excluding hydrogens is 174 g/mol. The van der Waals surface area contributed by atoms with Gasteiger partial charge in [-0.3, -0.25) is 0 Å². The van der Waals surface area contributed by atoms with Gasteiger partial charge in [-0.05, 0) is 12.1 Å². The molecule has 1 radical (unpaired) electrons. The van der Waals surface area contributed by atoms with Crippen LogP contribution in [0.25, 0.3) is 0 Å². The van der Waals surface area contributed by atoms with E-state index in [4.69, 9.17) is 0 Å². The van der Waals surface area contributed by atoms with Crippen LogP contribution in [0.3, 0.4) is 0 Å². The predicted octanol–water partition coefficient (Wildman–Crippen LogP) is 2.58. The maximum atomic E-state index is 12.5. The van der Waals surface area contributed by atoms with Crippen LogP contribution in [0.4, 0.5) is 23.2 Å². The van der Waals surface area contributed by atoms with Crippen LogP contribution < -0.4 is 5.32 Å². The predicted molar refractivity (Wildman–Crippen MR) is 34.2 cm³/mol. The third kappa shape index (κ3) is 2.41. The summed E-state index contributed by atoms with van der Waals surface area (Å²) >= 11 is 0. The Morgan fingerprint density at radius 3 is 2.17 bits per heavy atom. The first-order valence-corrected chi connectivity index (χ1v) is 3.03. The van der Waals surface area contributed by atoms with Crippen LogP contribution in [0, 0.1) is 5.82 Å². The summed E-state index contributed by atoms with van der Waals surface area (Å²) in [6.07, 6.45) is -4.72. The van der Waals surface area contributed by atoms with E-state index in [1.807, 2.05) is 0 Å². The van der Waals surface area contributed by atoms with Crippen molar-refractivity contribution >= 4 is 5.69 Å². The molecule has 1 aromatic rings. The Morgan fingerprint density at radius 2 is 1.67 bits per heavy atom. The van der Waals surface area contributed by atoms with Crippen LogP contribution in [0.2, 0.25) is 0 Å². The third-order valence-electron chi connectivity index (χ3n) is 1.10. The molecule has 0 aliphatic carbocycles. The number of hydrogen-bond donors (Lipinski definition) is 0. The SMILES string of the molecule is Fc1ccccc1[N]C(F)(F)F. The monoisotopic (exact) mass is 178 g/mol. The molecule has 0 aromatic heterocycles. The first-order chi connectivity index (χ1) is 5.49. The highest BCUT2D eigenvalue weighted by molar-refractivity contribution is 5.37. The lowest BCUT2D eigenvalue weighted by atomic mass is 10.3. The van der Waals surface area contributed by atoms with E-state index in [0.717, 1.165) is 12.1 Å². The van der Waals surface area contributed by atoms with Gasteiger partial charge < -0.3 is 0 Å². The van der Waals surface area contributed by atoms with Crippen molar-refractivity contribution in [2.24, 2.45) is 0 Å². The molecule has 1 rings (SSSR count). The van der Waals surface area contributed by atoms with E-state index in [-0.39, 0.29) is 0 Å². The number of halogens is 4. The summed E-state index contributed by atoms with van der Waals surface area (Å²) in [5.74, 6) is -0.977. The van der Waals surface area contributed by atoms with Crippen LogP contribution in [0.15, 0.2) is 24.3 Å². The van der Waals surface area contributed by atoms with E-state index < -0.39 is 17.8 Å². The van der Waals surface area contributed by atoms with Crippen molar-refractivity contribution in [1.29, 1.82) is 0 Å². The van der Waals surface area contributed by atoms with E-state index in [1.165, 1.54) is 12.1 Å². The second kappa shape index (κ2) is 3.00. The van der Waals surface area contributed by atoms with Gasteiger partial charge in [0.05, 0.1) is 0 Å². The van der Waals surface area contributed by atoms with Crippen molar-refractivity contribution < 1.29 is 17.6 Å². The molecule has 0 atom stereocenters. The number of nitrogens with zero attached hydrogens (tertiary/aromatic N) is 1. The van der Waals surface area contributed by atoms with Gasteiger partial charge in [-0.2, -0.15) is 5.32 Å². The van der Waals surface area contributed by atoms with Gasteiger partial charge in [-0.1, -0.05) is 12.1 Å². The average Bonchev–Trinajstić information content (AvgIpc) is 1.91. The van der Waals surface area contributed by atoms with Crippen LogP contribution in [0.5, 0.6) is 0 Å². The van der Waals surface area contributed by atoms with Crippen molar-refractivity contribution in [2.75, 3.05) is 0 Å². The summed E-state index contributed by atoms with van der Waals surface area (Å²) in [5.41, 5.74) is -0.690. The normalized spacial score (nSPS) is 11.3. The minimum absolute atomic E-state index is 0.690. The van der Waals surface area contributed by atoms with E-state index >= 15 is 0 Å². The average molecular weight is 178 g/mol. The molecule has 0 aliphatic heterocycles. The summed E-state index contributed by atoms with van der Waals surface area (Å²) in [7, 11) is 0. The second-order valence-corrected chi connectivity index (χ2v) is 2.03. The quantitative estimate of drug-likeness (QED) is 0.463. The van der Waals surface area contributed by atoms with Crippen LogP contribution in [0.1, 0.15) is 0 Å². The molecule has 0 aliphatic rings. The molecule has 0 saturated carbocycles. The molecule has 0 saturated heterocycles. The Labute approximate surface area is 66.0 Å². The Hall–Kier alpha value is -1.26. The van der Waals surface area contributed by atoms with E-state index in [9.17, 15) is 17.6 Å². The fourth-order valence-corrected chi connectivity index (χ4v) is 0.679. The minimum Gasteiger partial charge on any atom is -0.205 e. The molecule has 0 amide bonds. The fraction of sp³-hybridized carbons (Fsp3) is 0.143. The summed E-state index contributed by atoms with van der Waals surface area (Å²) in [6.45, 7) is 0. The van der Waals surface area contributed by atoms with E-state index in [1.54, 1.807) is 0 Å². The molecule has 65 valence electrons. The lowest BCUT2D eigenvalue weighted by Gasteiger charge is -2.06. The molecule has 0 N–H and O–H groups in total. The zero-order valence-electron chi connectivity index (χ0n) is 5.77. The second-order valence-electron chi connectivity index (χ2n) is 2.03. The van der Waals surface area contributed by atoms with Gasteiger partial charge in [0.25, 0.3) is 0 Å². The summed E-state index contributed by atoms with van der Waals surface area (Å²) < 4.78 is 47.3. The van der Waals surface area contributed by atoms with Crippen molar-refractivity contribution in [3.05, 3.63) is 30.1 Å². The Bertz CT molecular complexity index is 268. The van der Waals surface area contributed by atoms with Gasteiger partial charge in [0.15, 0.2) is 0 Å². The van der Waals surface area contributed by atoms with Gasteiger partial charge in [-0.15, -0.1) is 13.2 Å². The minimum atomic E-state index is -4.72. The first kappa shape index (κ1) is 8.83. The zero-order valence-corrected chi connectivity index (χ0v) is 5.77. The molecule has 0 bridgehead atoms. The van der Waals surface area contributed by atoms with Crippen molar-refractivity contribution in [3.8, 4) is 0 Å². The van der Waals surface area contributed by atoms with Crippen molar-refractivity contribution in [3.63, 3.8) is 0 Å². The summed E-state index contributed by atoms with van der Waals surface area (Å²) in [5, 5.41) is 2.22. The van der Waals surface area contributed by atoms with Crippen molar-refractivity contribution in [1.82, 2.24) is 5.32 Å². The highest BCUT2D eigenvalue weighted by Gasteiger charge is 2.30. The molecule has 12 heavy (non-hydrogen) atoms. The smallest absolute Gasteiger partial charge is 0.205 e. The first-order valence-electron chi connectivity index (χ1n) is 3.03. The number of rotatable bonds is 1. The van der Waals surface area contributed by atoms with E-state index in [2.05, 4.69) is 5.32 Å². The highest BCUT2D eigenvalue weighted by Crippen LogP contribution is 2.21. The molecule has 5 heteroatoms. The van der Waals surface area contributed by atoms with Crippen molar-refractivity contribution in [2.45, 2.75) is 6.30 Å². The van der Waals surface area contributed by atoms with Gasteiger partial charge in [-0.25, -0.2) is 4.39 Å². The maximum absolute atomic E-state index is 12.5. The fourth-order valence-electron chi connectivity index (χ4n) is 0.679. The van der Waals surface area contributed by atoms with E-state index in [0.29, 0.717) is 0 Å². The van der Waals surface area contributed by atoms with Crippen LogP contribution >= 0.6 is 0 Å². The standard InChI is InChI=1S/C7H4F4N/c8-5-3-1-2-4-6(5)12-7(9,10)11/h1-4H. The van der Waals surface area contributed by atoms with Gasteiger partial charge >= 0.3 is 6.30 Å². The molecule has 0 heterocycles. The summed E-state index contributed by atoms with van der Waals surface area (Å²) in [6, 6.07) is 4.46. The van der Waals surface area contributed by atoms with Gasteiger partial charge in [0.2, 0.25) is 0 Å². The number of alkyl halides is 3. The molecule has 0 spiro atoms. The molecule has 0 unspecified atom stereocenters. The highest BCUT2D eigenvalue weighted by atomic mass is 19.4. The molecular formula is C7H4F4N. The van der Waals surface area contributed by atoms with Crippen LogP contribution in [-0.4, -0.2) is 6.30 Å². The zero-order chi connectivity index (χ0) is 9.19. The summed E-state index contributed by atoms with van der Waals surface area (Å²) in [4.78, 5) is 0. The third-order valence-corrected chi connectivity index (χ3v) is 1.10. The number of para-hydroxylation sites is 1. The molecule has 0 fully saturated rings.